The van der Waals surface area contributed by atoms with E-state index in [9.17, 15) is 37.5 Å². The first-order valence-electron chi connectivity index (χ1n) is 21.5. The molecule has 4 aliphatic heterocycles. The van der Waals surface area contributed by atoms with Gasteiger partial charge in [0.05, 0.1) is 30.0 Å². The Balaban J connectivity index is 0.901. The minimum absolute atomic E-state index is 0.0222. The molecule has 0 radical (unpaired) electrons. The molecule has 2 saturated heterocycles. The molecule has 63 heavy (non-hydrogen) atoms. The molecule has 0 aliphatic carbocycles. The smallest absolute Gasteiger partial charge is 0.319 e. The summed E-state index contributed by atoms with van der Waals surface area (Å²) in [5.41, 5.74) is 4.84. The monoisotopic (exact) mass is 867 g/mol. The van der Waals surface area contributed by atoms with Crippen LogP contribution < -0.4 is 26.2 Å². The number of halogens is 2. The lowest BCUT2D eigenvalue weighted by molar-refractivity contribution is -0.134. The van der Waals surface area contributed by atoms with E-state index in [-0.39, 0.29) is 47.2 Å². The van der Waals surface area contributed by atoms with Crippen LogP contribution in [-0.4, -0.2) is 111 Å². The van der Waals surface area contributed by atoms with Crippen molar-refractivity contribution >= 4 is 53.1 Å². The van der Waals surface area contributed by atoms with Crippen LogP contribution in [0.5, 0.6) is 0 Å². The van der Waals surface area contributed by atoms with E-state index in [4.69, 9.17) is 5.10 Å². The molecule has 0 saturated carbocycles. The molecule has 0 bridgehead atoms. The van der Waals surface area contributed by atoms with Crippen LogP contribution in [0.25, 0.3) is 11.1 Å². The van der Waals surface area contributed by atoms with Crippen molar-refractivity contribution in [1.82, 2.24) is 45.3 Å². The summed E-state index contributed by atoms with van der Waals surface area (Å²) >= 11 is 0. The zero-order valence-corrected chi connectivity index (χ0v) is 35.3. The van der Waals surface area contributed by atoms with Crippen LogP contribution in [-0.2, 0) is 40.8 Å². The Kier molecular flexibility index (Phi) is 12.6. The summed E-state index contributed by atoms with van der Waals surface area (Å²) in [5.74, 6) is -1.10. The number of alkyl halides is 2. The second-order valence-corrected chi connectivity index (χ2v) is 16.6. The lowest BCUT2D eigenvalue weighted by Crippen LogP contribution is -2.52. The molecule has 4 aliphatic rings. The van der Waals surface area contributed by atoms with Crippen molar-refractivity contribution in [2.45, 2.75) is 83.3 Å². The third-order valence-electron chi connectivity index (χ3n) is 12.5. The van der Waals surface area contributed by atoms with Crippen molar-refractivity contribution in [1.29, 1.82) is 0 Å². The summed E-state index contributed by atoms with van der Waals surface area (Å²) < 4.78 is 33.1. The molecule has 8 rings (SSSR count). The normalized spacial score (nSPS) is 18.1. The van der Waals surface area contributed by atoms with Crippen molar-refractivity contribution in [3.05, 3.63) is 76.2 Å². The third-order valence-corrected chi connectivity index (χ3v) is 12.5. The Morgan fingerprint density at radius 1 is 1.03 bits per heavy atom. The van der Waals surface area contributed by atoms with Crippen molar-refractivity contribution < 1.29 is 37.5 Å². The minimum atomic E-state index is -2.69. The van der Waals surface area contributed by atoms with Gasteiger partial charge in [0.25, 0.3) is 12.3 Å². The summed E-state index contributed by atoms with van der Waals surface area (Å²) in [6.07, 6.45) is 5.85. The maximum absolute atomic E-state index is 14.7. The van der Waals surface area contributed by atoms with E-state index in [0.29, 0.717) is 56.4 Å². The number of nitrogens with zero attached hydrogens (tertiary/aromatic N) is 7. The molecule has 0 spiro atoms. The van der Waals surface area contributed by atoms with Crippen molar-refractivity contribution in [3.8, 4) is 11.1 Å². The quantitative estimate of drug-likeness (QED) is 0.0901. The second kappa shape index (κ2) is 18.5. The fourth-order valence-corrected chi connectivity index (χ4v) is 9.22. The van der Waals surface area contributed by atoms with E-state index in [2.05, 4.69) is 40.8 Å². The molecule has 6 amide bonds. The Morgan fingerprint density at radius 3 is 2.56 bits per heavy atom. The lowest BCUT2D eigenvalue weighted by Gasteiger charge is -2.34. The van der Waals surface area contributed by atoms with Gasteiger partial charge in [-0.1, -0.05) is 12.1 Å². The number of hydrogen-bond donors (Lipinski definition) is 4. The molecular weight excluding hydrogens is 817 g/mol. The predicted molar refractivity (Wildman–Crippen MR) is 228 cm³/mol. The Labute approximate surface area is 362 Å². The van der Waals surface area contributed by atoms with E-state index in [1.54, 1.807) is 37.1 Å². The molecule has 4 N–H and O–H groups in total. The topological polar surface area (TPSA) is 196 Å². The van der Waals surface area contributed by atoms with Gasteiger partial charge >= 0.3 is 6.03 Å². The number of imide groups is 1. The fraction of sp³-hybridized carbons (Fsp3) is 0.455. The number of fused-ring (bicyclic) bond motifs is 2. The van der Waals surface area contributed by atoms with Gasteiger partial charge in [-0.2, -0.15) is 10.2 Å². The number of piperidine rings is 2. The number of urea groups is 1. The summed E-state index contributed by atoms with van der Waals surface area (Å²) in [4.78, 5) is 80.6. The first-order chi connectivity index (χ1) is 30.4. The Bertz CT molecular complexity index is 2440. The number of anilines is 3. The van der Waals surface area contributed by atoms with E-state index >= 15 is 0 Å². The number of carbonyl (C=O) groups is 6. The van der Waals surface area contributed by atoms with Crippen LogP contribution in [0, 0.1) is 0 Å². The zero-order valence-electron chi connectivity index (χ0n) is 35.3. The highest BCUT2D eigenvalue weighted by Gasteiger charge is 2.35. The Morgan fingerprint density at radius 2 is 1.84 bits per heavy atom. The number of nitrogens with one attached hydrogen (secondary N) is 4. The summed E-state index contributed by atoms with van der Waals surface area (Å²) in [6.45, 7) is 5.82. The van der Waals surface area contributed by atoms with Crippen LogP contribution in [0.15, 0.2) is 42.7 Å². The highest BCUT2D eigenvalue weighted by atomic mass is 19.3. The molecule has 19 heteroatoms. The fourth-order valence-electron chi connectivity index (χ4n) is 9.22. The number of hydrogen-bond acceptors (Lipinski definition) is 10. The van der Waals surface area contributed by atoms with Crippen molar-refractivity contribution in [3.63, 3.8) is 0 Å². The van der Waals surface area contributed by atoms with E-state index < -0.39 is 36.2 Å². The van der Waals surface area contributed by atoms with E-state index in [0.717, 1.165) is 73.6 Å². The molecule has 332 valence electrons. The van der Waals surface area contributed by atoms with Crippen LogP contribution in [0.3, 0.4) is 0 Å². The number of likely N-dealkylation sites (tertiary alicyclic amines) is 1. The van der Waals surface area contributed by atoms with Crippen LogP contribution in [0.4, 0.5) is 30.8 Å². The SMILES string of the molecule is CC(=O)N1CCc2c(c(N3CCCc4cc(-c5cnn(C)c5)c(C(F)F)cc43)nn2C2CCN(CCCNC(=O)Nc3cccc(C=O)c3C(=O)NC3CCC(=O)NC3=O)CC2)C1. The van der Waals surface area contributed by atoms with Crippen molar-refractivity contribution in [2.24, 2.45) is 7.05 Å². The number of aryl methyl sites for hydroxylation is 2. The summed E-state index contributed by atoms with van der Waals surface area (Å²) in [5, 5.41) is 19.7. The maximum atomic E-state index is 14.7. The van der Waals surface area contributed by atoms with E-state index in [1.165, 1.54) is 18.2 Å². The third kappa shape index (κ3) is 9.19. The van der Waals surface area contributed by atoms with E-state index in [1.807, 2.05) is 11.0 Å². The average Bonchev–Trinajstić information content (AvgIpc) is 3.88. The van der Waals surface area contributed by atoms with Gasteiger partial charge in [-0.05, 0) is 74.4 Å². The molecule has 2 aromatic carbocycles. The highest BCUT2D eigenvalue weighted by Crippen LogP contribution is 2.43. The standard InChI is InChI=1S/C44H51F2N11O6/c1-26(59)55-19-13-36-33(24-55)41(56-16-4-7-27-20-31(29-22-48-53(2)23-29)32(40(45)46)21-37(27)56)52-57(36)30-11-17-54(18-12-30)15-5-14-47-44(63)50-34-8-3-6-28(25-58)39(34)43(62)49-35-9-10-38(60)51-42(35)61/h3,6,8,20-23,25,30,35,40H,4-5,7,9-19,24H2,1-2H3,(H,49,62)(H2,47,50,63)(H,51,60,61). The van der Waals surface area contributed by atoms with Gasteiger partial charge in [-0.15, -0.1) is 0 Å². The number of carbonyl (C=O) groups excluding carboxylic acids is 6. The van der Waals surface area contributed by atoms with Gasteiger partial charge in [-0.25, -0.2) is 13.6 Å². The van der Waals surface area contributed by atoms with Gasteiger partial charge < -0.3 is 30.7 Å². The molecule has 1 atom stereocenters. The lowest BCUT2D eigenvalue weighted by atomic mass is 9.92. The highest BCUT2D eigenvalue weighted by molar-refractivity contribution is 6.10. The Hall–Kier alpha value is -6.50. The largest absolute Gasteiger partial charge is 0.340 e. The number of aromatic nitrogens is 4. The summed E-state index contributed by atoms with van der Waals surface area (Å²) in [6, 6.07) is 6.53. The molecule has 6 heterocycles. The number of benzene rings is 2. The minimum Gasteiger partial charge on any atom is -0.340 e. The molecule has 2 fully saturated rings. The second-order valence-electron chi connectivity index (χ2n) is 16.6. The molecular formula is C44H51F2N11O6. The molecule has 4 aromatic rings. The summed E-state index contributed by atoms with van der Waals surface area (Å²) in [7, 11) is 1.76. The molecule has 2 aromatic heterocycles. The first-order valence-corrected chi connectivity index (χ1v) is 21.5. The van der Waals surface area contributed by atoms with Gasteiger partial charge in [-0.3, -0.25) is 38.7 Å². The maximum Gasteiger partial charge on any atom is 0.319 e. The van der Waals surface area contributed by atoms with Gasteiger partial charge in [0, 0.05) is 99.4 Å². The number of amides is 6. The van der Waals surface area contributed by atoms with Gasteiger partial charge in [0.1, 0.15) is 6.04 Å². The predicted octanol–water partition coefficient (Wildman–Crippen LogP) is 4.41. The van der Waals surface area contributed by atoms with Gasteiger partial charge in [0.2, 0.25) is 17.7 Å². The first kappa shape index (κ1) is 43.2. The van der Waals surface area contributed by atoms with Crippen molar-refractivity contribution in [2.75, 3.05) is 49.5 Å². The average molecular weight is 868 g/mol. The number of rotatable bonds is 12. The molecule has 17 nitrogen and oxygen atoms in total. The van der Waals surface area contributed by atoms with Crippen LogP contribution in [0.1, 0.15) is 101 Å². The molecule has 1 unspecified atom stereocenters. The zero-order chi connectivity index (χ0) is 44.4. The number of aldehydes is 1. The van der Waals surface area contributed by atoms with Gasteiger partial charge in [0.15, 0.2) is 12.1 Å². The van der Waals surface area contributed by atoms with Crippen LogP contribution >= 0.6 is 0 Å². The van der Waals surface area contributed by atoms with Crippen LogP contribution in [0.2, 0.25) is 0 Å².